The van der Waals surface area contributed by atoms with Gasteiger partial charge in [0.2, 0.25) is 10.0 Å². The minimum Gasteiger partial charge on any atom is -0.489 e. The Morgan fingerprint density at radius 1 is 1.20 bits per heavy atom. The third-order valence-corrected chi connectivity index (χ3v) is 10.8. The molecule has 0 saturated heterocycles. The molecule has 8 nitrogen and oxygen atoms in total. The molecular formula is C30H36ClN3O5S. The van der Waals surface area contributed by atoms with Crippen LogP contribution < -0.4 is 14.4 Å². The molecule has 1 saturated carbocycles. The molecule has 1 fully saturated rings. The van der Waals surface area contributed by atoms with E-state index in [1.807, 2.05) is 25.1 Å². The number of fused-ring (bicyclic) bond motifs is 4. The molecule has 2 aromatic rings. The Balaban J connectivity index is 1.43. The van der Waals surface area contributed by atoms with Crippen molar-refractivity contribution in [1.29, 1.82) is 0 Å². The number of hydrogen-bond acceptors (Lipinski definition) is 7. The summed E-state index contributed by atoms with van der Waals surface area (Å²) in [5, 5.41) is 12.1. The van der Waals surface area contributed by atoms with Gasteiger partial charge < -0.3 is 14.7 Å². The van der Waals surface area contributed by atoms with E-state index in [0.29, 0.717) is 44.1 Å². The van der Waals surface area contributed by atoms with Crippen LogP contribution >= 0.6 is 11.6 Å². The molecule has 3 heterocycles. The topological polar surface area (TPSA) is 109 Å². The van der Waals surface area contributed by atoms with Gasteiger partial charge in [-0.05, 0) is 99.1 Å². The number of halogens is 1. The third-order valence-electron chi connectivity index (χ3n) is 9.22. The number of anilines is 1. The summed E-state index contributed by atoms with van der Waals surface area (Å²) in [6.45, 7) is 3.58. The minimum atomic E-state index is -3.84. The average molecular weight is 586 g/mol. The van der Waals surface area contributed by atoms with Crippen LogP contribution in [0.15, 0.2) is 42.5 Å². The highest BCUT2D eigenvalue weighted by Crippen LogP contribution is 2.47. The quantitative estimate of drug-likeness (QED) is 0.441. The second-order valence-corrected chi connectivity index (χ2v) is 14.4. The van der Waals surface area contributed by atoms with Gasteiger partial charge in [-0.3, -0.25) is 4.79 Å². The highest BCUT2D eigenvalue weighted by Gasteiger charge is 2.46. The first-order valence-electron chi connectivity index (χ1n) is 14.2. The van der Waals surface area contributed by atoms with E-state index in [1.165, 1.54) is 17.2 Å². The van der Waals surface area contributed by atoms with Crippen LogP contribution in [0.2, 0.25) is 5.02 Å². The number of carbonyl (C=O) groups is 1. The van der Waals surface area contributed by atoms with E-state index in [1.54, 1.807) is 6.07 Å². The first kappa shape index (κ1) is 27.5. The van der Waals surface area contributed by atoms with E-state index in [9.17, 15) is 18.3 Å². The van der Waals surface area contributed by atoms with E-state index in [4.69, 9.17) is 21.3 Å². The van der Waals surface area contributed by atoms with Crippen LogP contribution in [0, 0.1) is 11.8 Å². The number of allylic oxidation sites excluding steroid dienone is 1. The van der Waals surface area contributed by atoms with Crippen LogP contribution in [0.25, 0.3) is 0 Å². The fraction of sp³-hybridized carbons (Fsp3) is 0.533. The minimum absolute atomic E-state index is 0.0341. The number of ether oxygens (including phenoxy) is 1. The number of aliphatic hydroxyl groups is 1. The van der Waals surface area contributed by atoms with Crippen molar-refractivity contribution in [3.63, 3.8) is 0 Å². The van der Waals surface area contributed by atoms with Crippen molar-refractivity contribution in [3.05, 3.63) is 64.3 Å². The van der Waals surface area contributed by atoms with Crippen molar-refractivity contribution < 1.29 is 23.1 Å². The van der Waals surface area contributed by atoms with Gasteiger partial charge in [0, 0.05) is 23.5 Å². The smallest absolute Gasteiger partial charge is 0.283 e. The molecule has 1 unspecified atom stereocenters. The van der Waals surface area contributed by atoms with Crippen LogP contribution in [0.1, 0.15) is 67.1 Å². The molecule has 10 heteroatoms. The van der Waals surface area contributed by atoms with E-state index in [-0.39, 0.29) is 28.7 Å². The highest BCUT2D eigenvalue weighted by molar-refractivity contribution is 7.90. The van der Waals surface area contributed by atoms with E-state index >= 15 is 0 Å². The van der Waals surface area contributed by atoms with Crippen molar-refractivity contribution in [1.82, 2.24) is 9.71 Å². The monoisotopic (exact) mass is 585 g/mol. The Kier molecular flexibility index (Phi) is 7.12. The number of nitrogens with zero attached hydrogens (tertiary/aromatic N) is 2. The molecule has 4 atom stereocenters. The van der Waals surface area contributed by atoms with E-state index in [2.05, 4.69) is 21.8 Å². The number of aryl methyl sites for hydroxylation is 1. The molecule has 4 aliphatic rings. The maximum absolute atomic E-state index is 13.0. The molecule has 2 N–H and O–H groups in total. The maximum Gasteiger partial charge on any atom is 0.283 e. The molecule has 1 aromatic carbocycles. The van der Waals surface area contributed by atoms with Crippen LogP contribution in [0.4, 0.5) is 5.82 Å². The zero-order chi connectivity index (χ0) is 28.1. The lowest BCUT2D eigenvalue weighted by molar-refractivity contribution is -0.0314. The molecular weight excluding hydrogens is 550 g/mol. The van der Waals surface area contributed by atoms with Gasteiger partial charge in [0.05, 0.1) is 18.0 Å². The predicted molar refractivity (Wildman–Crippen MR) is 154 cm³/mol. The SMILES string of the molecule is CC1(O)/C=C/CCCS(=O)(=O)NC(=O)c2ccc3c(n2)N(C[C@@H]2CC[C@H]21)C[C@@]1(CCCc2cc(Cl)ccc21)CO3. The van der Waals surface area contributed by atoms with Crippen molar-refractivity contribution in [2.24, 2.45) is 11.8 Å². The standard InChI is InChI=1S/C30H36ClN3O5S/c1-29(36)13-3-2-4-15-40(37,38)33-28(35)25-11-12-26-27(32-25)34(17-21-7-9-23(21)29)18-30(19-39-26)14-5-6-20-16-22(31)8-10-24(20)30/h3,8,10-13,16,21,23,36H,2,4-7,9,14-15,17-19H2,1H3,(H,33,35)/b13-3+/t21-,23+,29?,30-/m0/s1. The molecule has 0 radical (unpaired) electrons. The summed E-state index contributed by atoms with van der Waals surface area (Å²) in [5.41, 5.74) is 1.20. The molecule has 1 amide bonds. The van der Waals surface area contributed by atoms with Gasteiger partial charge in [-0.15, -0.1) is 0 Å². The van der Waals surface area contributed by atoms with Crippen molar-refractivity contribution in [3.8, 4) is 5.75 Å². The van der Waals surface area contributed by atoms with Crippen molar-refractivity contribution >= 4 is 33.3 Å². The van der Waals surface area contributed by atoms with E-state index in [0.717, 1.165) is 37.1 Å². The second kappa shape index (κ2) is 10.3. The Bertz CT molecular complexity index is 1460. The van der Waals surface area contributed by atoms with Gasteiger partial charge in [-0.25, -0.2) is 18.1 Å². The fourth-order valence-corrected chi connectivity index (χ4v) is 8.26. The number of hydrogen-bond donors (Lipinski definition) is 2. The maximum atomic E-state index is 13.0. The summed E-state index contributed by atoms with van der Waals surface area (Å²) in [5.74, 6) is 0.462. The van der Waals surface area contributed by atoms with Gasteiger partial charge in [0.1, 0.15) is 5.69 Å². The summed E-state index contributed by atoms with van der Waals surface area (Å²) in [6, 6.07) is 9.36. The van der Waals surface area contributed by atoms with Gasteiger partial charge in [0.25, 0.3) is 5.91 Å². The number of pyridine rings is 1. The van der Waals surface area contributed by atoms with E-state index < -0.39 is 21.5 Å². The Hall–Kier alpha value is -2.62. The summed E-state index contributed by atoms with van der Waals surface area (Å²) in [4.78, 5) is 19.9. The summed E-state index contributed by atoms with van der Waals surface area (Å²) < 4.78 is 33.9. The lowest BCUT2D eigenvalue weighted by Crippen LogP contribution is -2.51. The van der Waals surface area contributed by atoms with Crippen molar-refractivity contribution in [2.45, 2.75) is 62.9 Å². The lowest BCUT2D eigenvalue weighted by Gasteiger charge is -2.48. The van der Waals surface area contributed by atoms with Crippen LogP contribution in [-0.2, 0) is 21.9 Å². The molecule has 2 bridgehead atoms. The Morgan fingerprint density at radius 3 is 2.85 bits per heavy atom. The number of sulfonamides is 1. The number of nitrogens with one attached hydrogen (secondary N) is 1. The van der Waals surface area contributed by atoms with Gasteiger partial charge in [0.15, 0.2) is 11.6 Å². The van der Waals surface area contributed by atoms with Crippen LogP contribution in [0.5, 0.6) is 5.75 Å². The zero-order valence-corrected chi connectivity index (χ0v) is 24.3. The predicted octanol–water partition coefficient (Wildman–Crippen LogP) is 4.39. The third kappa shape index (κ3) is 5.23. The molecule has 1 spiro atoms. The molecule has 214 valence electrons. The summed E-state index contributed by atoms with van der Waals surface area (Å²) in [6.07, 6.45) is 9.32. The van der Waals surface area contributed by atoms with Crippen LogP contribution in [-0.4, -0.2) is 55.5 Å². The number of amides is 1. The number of carbonyl (C=O) groups excluding carboxylic acids is 1. The zero-order valence-electron chi connectivity index (χ0n) is 22.7. The van der Waals surface area contributed by atoms with Crippen molar-refractivity contribution in [2.75, 3.05) is 30.3 Å². The lowest BCUT2D eigenvalue weighted by atomic mass is 9.64. The summed E-state index contributed by atoms with van der Waals surface area (Å²) in [7, 11) is -3.84. The average Bonchev–Trinajstić information content (AvgIpc) is 3.02. The number of rotatable bonds is 0. The first-order valence-corrected chi connectivity index (χ1v) is 16.2. The first-order chi connectivity index (χ1) is 19.1. The number of aromatic nitrogens is 1. The highest BCUT2D eigenvalue weighted by atomic mass is 35.5. The largest absolute Gasteiger partial charge is 0.489 e. The second-order valence-electron chi connectivity index (χ2n) is 12.1. The molecule has 6 rings (SSSR count). The number of benzene rings is 1. The fourth-order valence-electron chi connectivity index (χ4n) is 7.03. The van der Waals surface area contributed by atoms with Crippen LogP contribution in [0.3, 0.4) is 0 Å². The molecule has 2 aliphatic heterocycles. The Labute approximate surface area is 240 Å². The van der Waals surface area contributed by atoms with Gasteiger partial charge in [-0.1, -0.05) is 29.8 Å². The van der Waals surface area contributed by atoms with Gasteiger partial charge in [-0.2, -0.15) is 0 Å². The Morgan fingerprint density at radius 2 is 2.05 bits per heavy atom. The molecule has 1 aromatic heterocycles. The molecule has 40 heavy (non-hydrogen) atoms. The molecule has 2 aliphatic carbocycles. The summed E-state index contributed by atoms with van der Waals surface area (Å²) >= 11 is 6.36. The van der Waals surface area contributed by atoms with Gasteiger partial charge >= 0.3 is 0 Å². The normalized spacial score (nSPS) is 32.5.